The summed E-state index contributed by atoms with van der Waals surface area (Å²) in [4.78, 5) is 22.6. The molecule has 0 fully saturated rings. The van der Waals surface area contributed by atoms with Crippen molar-refractivity contribution in [3.05, 3.63) is 41.5 Å². The molecule has 5 nitrogen and oxygen atoms in total. The molecule has 3 rings (SSSR count). The van der Waals surface area contributed by atoms with E-state index in [1.54, 1.807) is 12.1 Å². The van der Waals surface area contributed by atoms with Crippen LogP contribution in [0.15, 0.2) is 24.5 Å². The minimum atomic E-state index is -4.58. The monoisotopic (exact) mass is 381 g/mol. The number of H-pyrrole nitrogens is 1. The summed E-state index contributed by atoms with van der Waals surface area (Å²) in [5.74, 6) is -0.243. The zero-order chi connectivity index (χ0) is 19.1. The lowest BCUT2D eigenvalue weighted by Crippen LogP contribution is -2.13. The van der Waals surface area contributed by atoms with Crippen LogP contribution in [-0.4, -0.2) is 34.7 Å². The number of nitrogens with zero attached hydrogens (tertiary/aromatic N) is 2. The molecule has 0 saturated heterocycles. The fourth-order valence-electron chi connectivity index (χ4n) is 2.82. The third kappa shape index (κ3) is 3.05. The van der Waals surface area contributed by atoms with Crippen LogP contribution in [0.3, 0.4) is 0 Å². The molecule has 0 amide bonds. The number of aryl methyl sites for hydroxylation is 1. The van der Waals surface area contributed by atoms with E-state index in [0.717, 1.165) is 6.20 Å². The van der Waals surface area contributed by atoms with Crippen molar-refractivity contribution in [2.75, 3.05) is 13.8 Å². The van der Waals surface area contributed by atoms with Crippen LogP contribution >= 0.6 is 8.58 Å². The van der Waals surface area contributed by atoms with Crippen LogP contribution in [-0.2, 0) is 10.9 Å². The average Bonchev–Trinajstić information content (AvgIpc) is 3.03. The summed E-state index contributed by atoms with van der Waals surface area (Å²) in [7, 11) is 1.53. The number of rotatable bonds is 3. The molecular formula is C17H15F3N3O2P. The van der Waals surface area contributed by atoms with Crippen molar-refractivity contribution < 1.29 is 22.7 Å². The number of hydrogen-bond donors (Lipinski definition) is 1. The van der Waals surface area contributed by atoms with E-state index < -0.39 is 17.7 Å². The third-order valence-corrected chi connectivity index (χ3v) is 5.00. The molecule has 0 saturated carbocycles. The molecule has 0 aliphatic carbocycles. The van der Waals surface area contributed by atoms with Gasteiger partial charge in [0.25, 0.3) is 0 Å². The summed E-state index contributed by atoms with van der Waals surface area (Å²) in [5, 5.41) is 1.27. The molecule has 0 aliphatic rings. The minimum Gasteiger partial charge on any atom is -0.465 e. The summed E-state index contributed by atoms with van der Waals surface area (Å²) < 4.78 is 44.9. The van der Waals surface area contributed by atoms with E-state index in [9.17, 15) is 18.0 Å². The molecule has 136 valence electrons. The maximum absolute atomic E-state index is 13.4. The molecular weight excluding hydrogens is 366 g/mol. The van der Waals surface area contributed by atoms with Crippen molar-refractivity contribution in [3.63, 3.8) is 0 Å². The quantitative estimate of drug-likeness (QED) is 0.555. The van der Waals surface area contributed by atoms with Crippen molar-refractivity contribution in [1.82, 2.24) is 15.0 Å². The molecule has 9 heteroatoms. The van der Waals surface area contributed by atoms with Crippen molar-refractivity contribution in [3.8, 4) is 11.3 Å². The highest BCUT2D eigenvalue weighted by molar-refractivity contribution is 7.47. The normalized spacial score (nSPS) is 12.2. The van der Waals surface area contributed by atoms with E-state index in [4.69, 9.17) is 4.74 Å². The Labute approximate surface area is 148 Å². The SMILES string of the molecule is COC(=O)c1ccc2c(-c3nc(C)ncc3C(F)(F)F)c[nH]c2c1PC. The first kappa shape index (κ1) is 18.3. The van der Waals surface area contributed by atoms with Gasteiger partial charge in [-0.05, 0) is 19.7 Å². The Balaban J connectivity index is 2.29. The number of hydrogen-bond acceptors (Lipinski definition) is 4. The van der Waals surface area contributed by atoms with Gasteiger partial charge in [-0.25, -0.2) is 14.8 Å². The van der Waals surface area contributed by atoms with Gasteiger partial charge >= 0.3 is 12.1 Å². The van der Waals surface area contributed by atoms with Crippen molar-refractivity contribution in [1.29, 1.82) is 0 Å². The first-order valence-electron chi connectivity index (χ1n) is 7.59. The van der Waals surface area contributed by atoms with Crippen molar-refractivity contribution in [2.45, 2.75) is 13.1 Å². The van der Waals surface area contributed by atoms with Gasteiger partial charge in [-0.3, -0.25) is 0 Å². The predicted octanol–water partition coefficient (Wildman–Crippen LogP) is 3.67. The maximum atomic E-state index is 13.4. The second kappa shape index (κ2) is 6.68. The van der Waals surface area contributed by atoms with Crippen molar-refractivity contribution in [2.24, 2.45) is 0 Å². The van der Waals surface area contributed by atoms with Gasteiger partial charge in [-0.2, -0.15) is 13.2 Å². The van der Waals surface area contributed by atoms with Crippen LogP contribution < -0.4 is 5.30 Å². The zero-order valence-electron chi connectivity index (χ0n) is 14.2. The molecule has 1 aromatic carbocycles. The number of fused-ring (bicyclic) bond motifs is 1. The first-order valence-corrected chi connectivity index (χ1v) is 9.09. The lowest BCUT2D eigenvalue weighted by molar-refractivity contribution is -0.137. The summed E-state index contributed by atoms with van der Waals surface area (Å²) in [6.45, 7) is 3.42. The largest absolute Gasteiger partial charge is 0.465 e. The molecule has 3 aromatic rings. The first-order chi connectivity index (χ1) is 12.3. The number of ether oxygens (including phenoxy) is 1. The molecule has 26 heavy (non-hydrogen) atoms. The van der Waals surface area contributed by atoms with Gasteiger partial charge < -0.3 is 9.72 Å². The third-order valence-electron chi connectivity index (χ3n) is 3.98. The van der Waals surface area contributed by atoms with Crippen LogP contribution in [0.2, 0.25) is 0 Å². The number of esters is 1. The Bertz CT molecular complexity index is 999. The fourth-order valence-corrected chi connectivity index (χ4v) is 3.73. The number of benzene rings is 1. The summed E-state index contributed by atoms with van der Waals surface area (Å²) >= 11 is 0. The van der Waals surface area contributed by atoms with Gasteiger partial charge in [-0.15, -0.1) is 0 Å². The minimum absolute atomic E-state index is 0.188. The van der Waals surface area contributed by atoms with Gasteiger partial charge in [0.1, 0.15) is 11.4 Å². The lowest BCUT2D eigenvalue weighted by Gasteiger charge is -2.12. The summed E-state index contributed by atoms with van der Waals surface area (Å²) in [6, 6.07) is 3.17. The van der Waals surface area contributed by atoms with E-state index in [1.165, 1.54) is 20.2 Å². The van der Waals surface area contributed by atoms with Gasteiger partial charge in [-0.1, -0.05) is 14.6 Å². The lowest BCUT2D eigenvalue weighted by atomic mass is 10.0. The number of alkyl halides is 3. The zero-order valence-corrected chi connectivity index (χ0v) is 15.2. The van der Waals surface area contributed by atoms with E-state index in [2.05, 4.69) is 15.0 Å². The maximum Gasteiger partial charge on any atom is 0.419 e. The highest BCUT2D eigenvalue weighted by Crippen LogP contribution is 2.38. The predicted molar refractivity (Wildman–Crippen MR) is 94.3 cm³/mol. The van der Waals surface area contributed by atoms with Gasteiger partial charge in [0.15, 0.2) is 0 Å². The Morgan fingerprint density at radius 1 is 1.31 bits per heavy atom. The molecule has 0 bridgehead atoms. The van der Waals surface area contributed by atoms with Gasteiger partial charge in [0.05, 0.1) is 23.9 Å². The molecule has 1 N–H and O–H groups in total. The highest BCUT2D eigenvalue weighted by Gasteiger charge is 2.36. The van der Waals surface area contributed by atoms with Crippen LogP contribution in [0.1, 0.15) is 21.7 Å². The Kier molecular flexibility index (Phi) is 4.71. The molecule has 1 unspecified atom stereocenters. The van der Waals surface area contributed by atoms with E-state index in [0.29, 0.717) is 27.3 Å². The molecule has 0 spiro atoms. The number of nitrogens with one attached hydrogen (secondary N) is 1. The number of aromatic nitrogens is 3. The number of methoxy groups -OCH3 is 1. The van der Waals surface area contributed by atoms with Crippen LogP contribution in [0.25, 0.3) is 22.2 Å². The number of halogens is 3. The summed E-state index contributed by atoms with van der Waals surface area (Å²) in [5.41, 5.74) is 0.222. The topological polar surface area (TPSA) is 67.9 Å². The molecule has 1 atom stereocenters. The Hall–Kier alpha value is -2.47. The van der Waals surface area contributed by atoms with Gasteiger partial charge in [0.2, 0.25) is 0 Å². The van der Waals surface area contributed by atoms with Crippen LogP contribution in [0.5, 0.6) is 0 Å². The fraction of sp³-hybridized carbons (Fsp3) is 0.235. The molecule has 0 aliphatic heterocycles. The second-order valence-electron chi connectivity index (χ2n) is 5.53. The molecule has 0 radical (unpaired) electrons. The van der Waals surface area contributed by atoms with E-state index >= 15 is 0 Å². The number of carbonyl (C=O) groups is 1. The van der Waals surface area contributed by atoms with Gasteiger partial charge in [0, 0.05) is 28.6 Å². The Morgan fingerprint density at radius 2 is 2.04 bits per heavy atom. The molecule has 2 aromatic heterocycles. The second-order valence-corrected chi connectivity index (χ2v) is 6.53. The standard InChI is InChI=1S/C17H15F3N3O2P/c1-8-21-7-12(17(18,19)20)13(23-8)11-6-22-14-9(11)4-5-10(15(14)26-3)16(24)25-2/h4-7,22,26H,1-3H3. The van der Waals surface area contributed by atoms with Crippen molar-refractivity contribution >= 4 is 30.8 Å². The smallest absolute Gasteiger partial charge is 0.419 e. The van der Waals surface area contributed by atoms with Crippen LogP contribution in [0, 0.1) is 6.92 Å². The van der Waals surface area contributed by atoms with Crippen LogP contribution in [0.4, 0.5) is 13.2 Å². The Morgan fingerprint density at radius 3 is 2.65 bits per heavy atom. The number of carbonyl (C=O) groups excluding carboxylic acids is 1. The van der Waals surface area contributed by atoms with E-state index in [-0.39, 0.29) is 20.1 Å². The number of aromatic amines is 1. The summed E-state index contributed by atoms with van der Waals surface area (Å²) in [6.07, 6.45) is -2.30. The highest BCUT2D eigenvalue weighted by atomic mass is 31.1. The average molecular weight is 381 g/mol. The van der Waals surface area contributed by atoms with E-state index in [1.807, 2.05) is 6.66 Å². The molecule has 2 heterocycles.